The number of hydrogen-bond donors (Lipinski definition) is 13. The van der Waals surface area contributed by atoms with Crippen LogP contribution in [0.3, 0.4) is 0 Å². The lowest BCUT2D eigenvalue weighted by molar-refractivity contribution is -0.132. The molecule has 4 atom stereocenters. The topological polar surface area (TPSA) is 329 Å². The SMILES string of the molecule is CC(O)C(O)C(O)C(O)C=O.N=C(N)N.O=P(O)(O)O.O=P(O)(O)O. The summed E-state index contributed by atoms with van der Waals surface area (Å²) >= 11 is 0. The Morgan fingerprint density at radius 2 is 1.08 bits per heavy atom. The summed E-state index contributed by atoms with van der Waals surface area (Å²) in [5.74, 6) is -0.333. The van der Waals surface area contributed by atoms with Crippen molar-refractivity contribution in [3.05, 3.63) is 0 Å². The fraction of sp³-hybridized carbons (Fsp3) is 0.714. The minimum absolute atomic E-state index is 0.0935. The van der Waals surface area contributed by atoms with E-state index in [1.807, 2.05) is 0 Å². The van der Waals surface area contributed by atoms with E-state index in [2.05, 4.69) is 11.5 Å². The number of aliphatic hydroxyl groups excluding tert-OH is 4. The van der Waals surface area contributed by atoms with E-state index in [4.69, 9.17) is 64.3 Å². The molecule has 0 radical (unpaired) electrons. The molecule has 0 rings (SSSR count). The number of carbonyl (C=O) groups excluding carboxylic acids is 1. The Morgan fingerprint density at radius 3 is 1.20 bits per heavy atom. The van der Waals surface area contributed by atoms with Gasteiger partial charge in [0.2, 0.25) is 0 Å². The maximum atomic E-state index is 9.87. The van der Waals surface area contributed by atoms with Crippen molar-refractivity contribution in [1.82, 2.24) is 0 Å². The van der Waals surface area contributed by atoms with Crippen LogP contribution in [0.25, 0.3) is 0 Å². The first kappa shape index (κ1) is 31.7. The van der Waals surface area contributed by atoms with Gasteiger partial charge < -0.3 is 66.0 Å². The molecule has 0 amide bonds. The summed E-state index contributed by atoms with van der Waals surface area (Å²) in [6, 6.07) is 0. The summed E-state index contributed by atoms with van der Waals surface area (Å²) in [6.07, 6.45) is -5.88. The zero-order valence-corrected chi connectivity index (χ0v) is 14.4. The predicted molar refractivity (Wildman–Crippen MR) is 80.4 cm³/mol. The van der Waals surface area contributed by atoms with Gasteiger partial charge in [-0.1, -0.05) is 0 Å². The third kappa shape index (κ3) is 60.0. The molecule has 4 unspecified atom stereocenters. The van der Waals surface area contributed by atoms with Crippen molar-refractivity contribution in [3.63, 3.8) is 0 Å². The molecule has 0 aliphatic carbocycles. The minimum Gasteiger partial charge on any atom is -0.391 e. The molecule has 0 aromatic heterocycles. The number of carbonyl (C=O) groups is 1. The third-order valence-corrected chi connectivity index (χ3v) is 1.33. The normalized spacial score (nSPS) is 15.3. The van der Waals surface area contributed by atoms with E-state index in [0.717, 1.165) is 0 Å². The van der Waals surface area contributed by atoms with Gasteiger partial charge in [0.15, 0.2) is 12.2 Å². The van der Waals surface area contributed by atoms with Crippen LogP contribution in [0.4, 0.5) is 0 Å². The van der Waals surface area contributed by atoms with Crippen LogP contribution >= 0.6 is 15.6 Å². The second kappa shape index (κ2) is 15.3. The first-order valence-corrected chi connectivity index (χ1v) is 8.70. The van der Waals surface area contributed by atoms with E-state index >= 15 is 0 Å². The molecule has 18 heteroatoms. The van der Waals surface area contributed by atoms with Gasteiger partial charge in [0.25, 0.3) is 0 Å². The average molecular weight is 419 g/mol. The lowest BCUT2D eigenvalue weighted by atomic mass is 10.1. The van der Waals surface area contributed by atoms with E-state index in [0.29, 0.717) is 0 Å². The fourth-order valence-corrected chi connectivity index (χ4v) is 0.568. The molecular weight excluding hydrogens is 396 g/mol. The fourth-order valence-electron chi connectivity index (χ4n) is 0.568. The number of aliphatic hydroxyl groups is 4. The Labute approximate surface area is 141 Å². The van der Waals surface area contributed by atoms with Crippen LogP contribution in [0, 0.1) is 5.41 Å². The van der Waals surface area contributed by atoms with Gasteiger partial charge in [-0.3, -0.25) is 5.41 Å². The van der Waals surface area contributed by atoms with Gasteiger partial charge in [-0.2, -0.15) is 0 Å². The molecule has 0 saturated carbocycles. The molecule has 0 saturated heterocycles. The maximum absolute atomic E-state index is 9.87. The number of guanidine groups is 1. The Kier molecular flexibility index (Phi) is 19.4. The van der Waals surface area contributed by atoms with E-state index < -0.39 is 40.1 Å². The maximum Gasteiger partial charge on any atom is 0.466 e. The number of nitrogens with one attached hydrogen (secondary N) is 1. The molecule has 0 heterocycles. The van der Waals surface area contributed by atoms with Gasteiger partial charge in [-0.25, -0.2) is 9.13 Å². The number of nitrogens with two attached hydrogens (primary N) is 2. The second-order valence-electron chi connectivity index (χ2n) is 3.83. The quantitative estimate of drug-likeness (QED) is 0.0874. The highest BCUT2D eigenvalue weighted by molar-refractivity contribution is 7.45. The first-order valence-electron chi connectivity index (χ1n) is 5.57. The number of aldehydes is 1. The molecule has 15 N–H and O–H groups in total. The summed E-state index contributed by atoms with van der Waals surface area (Å²) in [5, 5.41) is 41.2. The van der Waals surface area contributed by atoms with Crippen molar-refractivity contribution in [1.29, 1.82) is 5.41 Å². The second-order valence-corrected chi connectivity index (χ2v) is 5.88. The monoisotopic (exact) mass is 419 g/mol. The Hall–Kier alpha value is -1.00. The molecule has 16 nitrogen and oxygen atoms in total. The summed E-state index contributed by atoms with van der Waals surface area (Å²) < 4.78 is 17.8. The lowest BCUT2D eigenvalue weighted by Gasteiger charge is -2.21. The zero-order chi connectivity index (χ0) is 21.6. The predicted octanol–water partition coefficient (Wildman–Crippen LogP) is -5.37. The molecule has 0 fully saturated rings. The van der Waals surface area contributed by atoms with Crippen LogP contribution < -0.4 is 11.5 Å². The molecule has 0 spiro atoms. The molecule has 0 aromatic carbocycles. The van der Waals surface area contributed by atoms with Crippen molar-refractivity contribution in [2.75, 3.05) is 0 Å². The Balaban J connectivity index is -0.000000132. The number of phosphoric acid groups is 2. The highest BCUT2D eigenvalue weighted by atomic mass is 31.2. The molecule has 154 valence electrons. The molecule has 25 heavy (non-hydrogen) atoms. The Morgan fingerprint density at radius 1 is 0.880 bits per heavy atom. The largest absolute Gasteiger partial charge is 0.466 e. The standard InChI is InChI=1S/C6H12O5.CH5N3.2H3O4P/c1-3(8)5(10)6(11)4(9)2-7;2-1(3)4;2*1-5(2,3)4/h2-6,8-11H,1H3;(H5,2,3,4);2*(H3,1,2,3,4). The van der Waals surface area contributed by atoms with Gasteiger partial charge in [0.1, 0.15) is 18.3 Å². The highest BCUT2D eigenvalue weighted by Crippen LogP contribution is 2.26. The van der Waals surface area contributed by atoms with Gasteiger partial charge in [-0.15, -0.1) is 0 Å². The van der Waals surface area contributed by atoms with Crippen LogP contribution in [-0.2, 0) is 13.9 Å². The van der Waals surface area contributed by atoms with Crippen LogP contribution in [0.5, 0.6) is 0 Å². The van der Waals surface area contributed by atoms with Crippen molar-refractivity contribution in [2.24, 2.45) is 11.5 Å². The lowest BCUT2D eigenvalue weighted by Crippen LogP contribution is -2.43. The molecule has 0 aliphatic heterocycles. The highest BCUT2D eigenvalue weighted by Gasteiger charge is 2.27. The zero-order valence-electron chi connectivity index (χ0n) is 12.6. The van der Waals surface area contributed by atoms with Gasteiger partial charge >= 0.3 is 15.6 Å². The van der Waals surface area contributed by atoms with Crippen LogP contribution in [0.2, 0.25) is 0 Å². The van der Waals surface area contributed by atoms with Gasteiger partial charge in [-0.05, 0) is 6.92 Å². The summed E-state index contributed by atoms with van der Waals surface area (Å²) in [6.45, 7) is 1.24. The van der Waals surface area contributed by atoms with Gasteiger partial charge in [0.05, 0.1) is 6.10 Å². The van der Waals surface area contributed by atoms with Crippen LogP contribution in [-0.4, -0.2) is 86.4 Å². The van der Waals surface area contributed by atoms with Crippen molar-refractivity contribution >= 4 is 27.9 Å². The molecule has 0 aliphatic rings. The van der Waals surface area contributed by atoms with Gasteiger partial charge in [0, 0.05) is 0 Å². The number of rotatable bonds is 4. The minimum atomic E-state index is -4.64. The van der Waals surface area contributed by atoms with Crippen LogP contribution in [0.1, 0.15) is 6.92 Å². The number of hydrogen-bond acceptors (Lipinski definition) is 8. The van der Waals surface area contributed by atoms with Crippen molar-refractivity contribution in [2.45, 2.75) is 31.3 Å². The average Bonchev–Trinajstić information content (AvgIpc) is 2.31. The van der Waals surface area contributed by atoms with E-state index in [9.17, 15) is 4.79 Å². The van der Waals surface area contributed by atoms with Crippen molar-refractivity contribution in [3.8, 4) is 0 Å². The molecular formula is C7H23N3O13P2. The van der Waals surface area contributed by atoms with E-state index in [1.165, 1.54) is 6.92 Å². The third-order valence-electron chi connectivity index (χ3n) is 1.33. The Bertz CT molecular complexity index is 408. The summed E-state index contributed by atoms with van der Waals surface area (Å²) in [4.78, 5) is 53.0. The van der Waals surface area contributed by atoms with Crippen molar-refractivity contribution < 1.29 is 63.7 Å². The first-order chi connectivity index (χ1) is 10.7. The molecule has 0 bridgehead atoms. The smallest absolute Gasteiger partial charge is 0.391 e. The van der Waals surface area contributed by atoms with E-state index in [1.54, 1.807) is 0 Å². The summed E-state index contributed by atoms with van der Waals surface area (Å²) in [7, 11) is -9.28. The molecule has 0 aromatic rings. The summed E-state index contributed by atoms with van der Waals surface area (Å²) in [5.41, 5.74) is 8.94. The van der Waals surface area contributed by atoms with E-state index in [-0.39, 0.29) is 12.2 Å². The van der Waals surface area contributed by atoms with Crippen LogP contribution in [0.15, 0.2) is 0 Å².